The molecule has 0 fully saturated rings. The molecule has 0 heterocycles. The summed E-state index contributed by atoms with van der Waals surface area (Å²) in [6, 6.07) is 9.95. The van der Waals surface area contributed by atoms with Crippen molar-refractivity contribution in [3.05, 3.63) is 58.1 Å². The lowest BCUT2D eigenvalue weighted by Crippen LogP contribution is -2.17. The Balaban J connectivity index is 2.17. The minimum Gasteiger partial charge on any atom is -0.454 e. The zero-order chi connectivity index (χ0) is 15.4. The van der Waals surface area contributed by atoms with Crippen LogP contribution in [0.3, 0.4) is 0 Å². The maximum absolute atomic E-state index is 13.6. The largest absolute Gasteiger partial charge is 0.454 e. The van der Waals surface area contributed by atoms with Crippen molar-refractivity contribution in [2.75, 3.05) is 6.54 Å². The molecule has 0 amide bonds. The molecule has 2 rings (SSSR count). The normalized spacial score (nSPS) is 12.2. The van der Waals surface area contributed by atoms with Crippen molar-refractivity contribution in [3.63, 3.8) is 0 Å². The lowest BCUT2D eigenvalue weighted by molar-refractivity contribution is 0.415. The van der Waals surface area contributed by atoms with E-state index in [1.54, 1.807) is 12.1 Å². The Hall–Kier alpha value is -1.46. The average Bonchev–Trinajstić information content (AvgIpc) is 2.45. The smallest absolute Gasteiger partial charge is 0.201 e. The summed E-state index contributed by atoms with van der Waals surface area (Å²) in [5.41, 5.74) is 1.10. The lowest BCUT2D eigenvalue weighted by Gasteiger charge is -2.13. The van der Waals surface area contributed by atoms with E-state index < -0.39 is 11.6 Å². The highest BCUT2D eigenvalue weighted by atomic mass is 79.9. The molecule has 0 aromatic heterocycles. The zero-order valence-corrected chi connectivity index (χ0v) is 13.4. The SMILES string of the molecule is CCNC(C)c1ccc(Oc2cc(Br)cc(F)c2F)cc1. The summed E-state index contributed by atoms with van der Waals surface area (Å²) < 4.78 is 32.8. The molecule has 1 atom stereocenters. The highest BCUT2D eigenvalue weighted by Gasteiger charge is 2.12. The highest BCUT2D eigenvalue weighted by molar-refractivity contribution is 9.10. The highest BCUT2D eigenvalue weighted by Crippen LogP contribution is 2.30. The van der Waals surface area contributed by atoms with Crippen LogP contribution in [0.1, 0.15) is 25.5 Å². The van der Waals surface area contributed by atoms with Crippen LogP contribution in [-0.4, -0.2) is 6.54 Å². The van der Waals surface area contributed by atoms with Crippen molar-refractivity contribution < 1.29 is 13.5 Å². The number of rotatable bonds is 5. The molecule has 2 aromatic carbocycles. The van der Waals surface area contributed by atoms with Gasteiger partial charge in [0.05, 0.1) is 0 Å². The van der Waals surface area contributed by atoms with Crippen molar-refractivity contribution in [2.24, 2.45) is 0 Å². The second kappa shape index (κ2) is 7.00. The Labute approximate surface area is 131 Å². The molecule has 0 aliphatic carbocycles. The van der Waals surface area contributed by atoms with Crippen LogP contribution in [0.4, 0.5) is 8.78 Å². The van der Waals surface area contributed by atoms with Gasteiger partial charge in [0.2, 0.25) is 5.82 Å². The maximum atomic E-state index is 13.6. The summed E-state index contributed by atoms with van der Waals surface area (Å²) >= 11 is 3.11. The maximum Gasteiger partial charge on any atom is 0.201 e. The van der Waals surface area contributed by atoms with Gasteiger partial charge in [-0.05, 0) is 43.3 Å². The van der Waals surface area contributed by atoms with E-state index in [1.807, 2.05) is 19.1 Å². The van der Waals surface area contributed by atoms with E-state index in [1.165, 1.54) is 6.07 Å². The molecule has 112 valence electrons. The van der Waals surface area contributed by atoms with Gasteiger partial charge in [-0.25, -0.2) is 4.39 Å². The second-order valence-corrected chi connectivity index (χ2v) is 5.57. The van der Waals surface area contributed by atoms with Gasteiger partial charge in [-0.15, -0.1) is 0 Å². The molecule has 5 heteroatoms. The van der Waals surface area contributed by atoms with Crippen LogP contribution in [-0.2, 0) is 0 Å². The van der Waals surface area contributed by atoms with Gasteiger partial charge in [-0.1, -0.05) is 35.0 Å². The van der Waals surface area contributed by atoms with E-state index in [-0.39, 0.29) is 11.8 Å². The standard InChI is InChI=1S/C16H16BrF2NO/c1-3-20-10(2)11-4-6-13(7-5-11)21-15-9-12(17)8-14(18)16(15)19/h4-10,20H,3H2,1-2H3. The van der Waals surface area contributed by atoms with Crippen molar-refractivity contribution in [3.8, 4) is 11.5 Å². The van der Waals surface area contributed by atoms with Gasteiger partial charge >= 0.3 is 0 Å². The quantitative estimate of drug-likeness (QED) is 0.745. The topological polar surface area (TPSA) is 21.3 Å². The third-order valence-corrected chi connectivity index (χ3v) is 3.54. The fraction of sp³-hybridized carbons (Fsp3) is 0.250. The van der Waals surface area contributed by atoms with Gasteiger partial charge in [0, 0.05) is 10.5 Å². The summed E-state index contributed by atoms with van der Waals surface area (Å²) in [4.78, 5) is 0. The molecule has 0 bridgehead atoms. The van der Waals surface area contributed by atoms with Crippen LogP contribution in [0, 0.1) is 11.6 Å². The van der Waals surface area contributed by atoms with Crippen LogP contribution in [0.25, 0.3) is 0 Å². The van der Waals surface area contributed by atoms with Crippen molar-refractivity contribution in [1.82, 2.24) is 5.32 Å². The number of hydrogen-bond donors (Lipinski definition) is 1. The summed E-state index contributed by atoms with van der Waals surface area (Å²) in [6.07, 6.45) is 0. The van der Waals surface area contributed by atoms with Crippen molar-refractivity contribution in [2.45, 2.75) is 19.9 Å². The van der Waals surface area contributed by atoms with Gasteiger partial charge in [0.25, 0.3) is 0 Å². The third kappa shape index (κ3) is 4.02. The van der Waals surface area contributed by atoms with E-state index in [0.29, 0.717) is 10.2 Å². The monoisotopic (exact) mass is 355 g/mol. The fourth-order valence-corrected chi connectivity index (χ4v) is 2.39. The van der Waals surface area contributed by atoms with Crippen molar-refractivity contribution >= 4 is 15.9 Å². The molecule has 0 aliphatic heterocycles. The molecule has 21 heavy (non-hydrogen) atoms. The van der Waals surface area contributed by atoms with E-state index >= 15 is 0 Å². The van der Waals surface area contributed by atoms with Crippen LogP contribution >= 0.6 is 15.9 Å². The first-order valence-electron chi connectivity index (χ1n) is 6.67. The van der Waals surface area contributed by atoms with Crippen LogP contribution < -0.4 is 10.1 Å². The molecule has 0 aliphatic rings. The van der Waals surface area contributed by atoms with Gasteiger partial charge in [0.15, 0.2) is 11.6 Å². The van der Waals surface area contributed by atoms with Gasteiger partial charge in [0.1, 0.15) is 5.75 Å². The molecular formula is C16H16BrF2NO. The predicted octanol–water partition coefficient (Wildman–Crippen LogP) is 5.19. The molecule has 0 saturated carbocycles. The predicted molar refractivity (Wildman–Crippen MR) is 82.7 cm³/mol. The van der Waals surface area contributed by atoms with E-state index in [2.05, 4.69) is 28.2 Å². The Morgan fingerprint density at radius 2 is 1.86 bits per heavy atom. The Kier molecular flexibility index (Phi) is 5.31. The molecular weight excluding hydrogens is 340 g/mol. The van der Waals surface area contributed by atoms with Gasteiger partial charge in [-0.2, -0.15) is 4.39 Å². The Morgan fingerprint density at radius 1 is 1.19 bits per heavy atom. The Bertz CT molecular complexity index is 616. The summed E-state index contributed by atoms with van der Waals surface area (Å²) in [5.74, 6) is -1.63. The van der Waals surface area contributed by atoms with Gasteiger partial charge < -0.3 is 10.1 Å². The summed E-state index contributed by atoms with van der Waals surface area (Å²) in [5, 5.41) is 3.30. The lowest BCUT2D eigenvalue weighted by atomic mass is 10.1. The first-order chi connectivity index (χ1) is 10.0. The fourth-order valence-electron chi connectivity index (χ4n) is 1.98. The molecule has 0 radical (unpaired) electrons. The Morgan fingerprint density at radius 3 is 2.48 bits per heavy atom. The van der Waals surface area contributed by atoms with Crippen LogP contribution in [0.5, 0.6) is 11.5 Å². The van der Waals surface area contributed by atoms with Gasteiger partial charge in [-0.3, -0.25) is 0 Å². The molecule has 0 saturated heterocycles. The molecule has 1 unspecified atom stereocenters. The second-order valence-electron chi connectivity index (χ2n) is 4.65. The number of nitrogens with one attached hydrogen (secondary N) is 1. The molecule has 0 spiro atoms. The van der Waals surface area contributed by atoms with E-state index in [9.17, 15) is 8.78 Å². The van der Waals surface area contributed by atoms with Crippen molar-refractivity contribution in [1.29, 1.82) is 0 Å². The minimum atomic E-state index is -0.997. The van der Waals surface area contributed by atoms with Crippen LogP contribution in [0.2, 0.25) is 0 Å². The van der Waals surface area contributed by atoms with E-state index in [4.69, 9.17) is 4.74 Å². The molecule has 2 aromatic rings. The summed E-state index contributed by atoms with van der Waals surface area (Å²) in [6.45, 7) is 4.98. The number of hydrogen-bond acceptors (Lipinski definition) is 2. The third-order valence-electron chi connectivity index (χ3n) is 3.08. The number of halogens is 3. The molecule has 2 nitrogen and oxygen atoms in total. The first-order valence-corrected chi connectivity index (χ1v) is 7.46. The minimum absolute atomic E-state index is 0.144. The average molecular weight is 356 g/mol. The number of benzene rings is 2. The summed E-state index contributed by atoms with van der Waals surface area (Å²) in [7, 11) is 0. The van der Waals surface area contributed by atoms with E-state index in [0.717, 1.165) is 18.2 Å². The van der Waals surface area contributed by atoms with Crippen LogP contribution in [0.15, 0.2) is 40.9 Å². The molecule has 1 N–H and O–H groups in total. The zero-order valence-electron chi connectivity index (χ0n) is 11.8. The number of ether oxygens (including phenoxy) is 1. The first kappa shape index (κ1) is 15.9.